The van der Waals surface area contributed by atoms with Gasteiger partial charge < -0.3 is 15.6 Å². The van der Waals surface area contributed by atoms with E-state index in [4.69, 9.17) is 15.6 Å². The van der Waals surface area contributed by atoms with Crippen LogP contribution in [0.15, 0.2) is 30.5 Å². The van der Waals surface area contributed by atoms with E-state index >= 15 is 0 Å². The molecule has 5 nitrogen and oxygen atoms in total. The van der Waals surface area contributed by atoms with Gasteiger partial charge in [-0.25, -0.2) is 18.6 Å². The lowest BCUT2D eigenvalue weighted by molar-refractivity contribution is 0.0693. The van der Waals surface area contributed by atoms with Crippen LogP contribution in [-0.2, 0) is 0 Å². The number of nitrogens with zero attached hydrogens (tertiary/aromatic N) is 1. The van der Waals surface area contributed by atoms with Crippen LogP contribution in [0.1, 0.15) is 10.4 Å². The number of aromatic nitrogens is 1. The summed E-state index contributed by atoms with van der Waals surface area (Å²) in [6.45, 7) is 0. The number of carboxylic acids is 1. The summed E-state index contributed by atoms with van der Waals surface area (Å²) in [5.74, 6) is -3.50. The Labute approximate surface area is 106 Å². The van der Waals surface area contributed by atoms with E-state index in [-0.39, 0.29) is 22.9 Å². The zero-order chi connectivity index (χ0) is 14.0. The minimum Gasteiger partial charge on any atom is -0.477 e. The third-order valence-electron chi connectivity index (χ3n) is 2.15. The van der Waals surface area contributed by atoms with Gasteiger partial charge in [-0.1, -0.05) is 0 Å². The van der Waals surface area contributed by atoms with E-state index in [2.05, 4.69) is 4.98 Å². The second-order valence-electron chi connectivity index (χ2n) is 3.63. The number of nitrogens with two attached hydrogens (primary N) is 1. The fourth-order valence-electron chi connectivity index (χ4n) is 1.40. The highest BCUT2D eigenvalue weighted by Gasteiger charge is 2.15. The first-order valence-corrected chi connectivity index (χ1v) is 5.08. The molecule has 0 aliphatic heterocycles. The standard InChI is InChI=1S/C12H8F2N2O3/c13-6-1-7(14)3-9(2-6)19-11-10(12(17)18)4-8(15)5-16-11/h1-5H,15H2,(H,17,18). The summed E-state index contributed by atoms with van der Waals surface area (Å²) >= 11 is 0. The molecule has 0 radical (unpaired) electrons. The smallest absolute Gasteiger partial charge is 0.341 e. The number of anilines is 1. The van der Waals surface area contributed by atoms with Crippen LogP contribution >= 0.6 is 0 Å². The predicted molar refractivity (Wildman–Crippen MR) is 62.0 cm³/mol. The van der Waals surface area contributed by atoms with Gasteiger partial charge >= 0.3 is 5.97 Å². The van der Waals surface area contributed by atoms with Gasteiger partial charge in [-0.2, -0.15) is 0 Å². The third kappa shape index (κ3) is 2.95. The van der Waals surface area contributed by atoms with Crippen molar-refractivity contribution in [3.8, 4) is 11.6 Å². The van der Waals surface area contributed by atoms with Crippen molar-refractivity contribution < 1.29 is 23.4 Å². The lowest BCUT2D eigenvalue weighted by Gasteiger charge is -2.08. The monoisotopic (exact) mass is 266 g/mol. The topological polar surface area (TPSA) is 85.4 Å². The number of hydrogen-bond donors (Lipinski definition) is 2. The molecule has 0 unspecified atom stereocenters. The highest BCUT2D eigenvalue weighted by Crippen LogP contribution is 2.25. The van der Waals surface area contributed by atoms with Crippen LogP contribution in [0.5, 0.6) is 11.6 Å². The molecule has 0 saturated heterocycles. The Morgan fingerprint density at radius 1 is 1.21 bits per heavy atom. The normalized spacial score (nSPS) is 10.2. The molecule has 1 heterocycles. The number of aromatic carboxylic acids is 1. The number of ether oxygens (including phenoxy) is 1. The fourth-order valence-corrected chi connectivity index (χ4v) is 1.40. The highest BCUT2D eigenvalue weighted by atomic mass is 19.1. The van der Waals surface area contributed by atoms with Crippen LogP contribution in [-0.4, -0.2) is 16.1 Å². The number of benzene rings is 1. The van der Waals surface area contributed by atoms with Crippen LogP contribution < -0.4 is 10.5 Å². The van der Waals surface area contributed by atoms with Crippen molar-refractivity contribution in [2.45, 2.75) is 0 Å². The summed E-state index contributed by atoms with van der Waals surface area (Å²) in [5, 5.41) is 8.95. The van der Waals surface area contributed by atoms with Crippen molar-refractivity contribution in [3.63, 3.8) is 0 Å². The molecule has 2 rings (SSSR count). The number of hydrogen-bond acceptors (Lipinski definition) is 4. The average Bonchev–Trinajstić information content (AvgIpc) is 2.30. The minimum atomic E-state index is -1.31. The summed E-state index contributed by atoms with van der Waals surface area (Å²) in [4.78, 5) is 14.7. The molecule has 0 fully saturated rings. The van der Waals surface area contributed by atoms with Crippen molar-refractivity contribution in [1.82, 2.24) is 4.98 Å². The zero-order valence-electron chi connectivity index (χ0n) is 9.43. The van der Waals surface area contributed by atoms with Gasteiger partial charge in [0.25, 0.3) is 0 Å². The van der Waals surface area contributed by atoms with E-state index < -0.39 is 17.6 Å². The molecule has 0 aliphatic rings. The lowest BCUT2D eigenvalue weighted by Crippen LogP contribution is -2.03. The van der Waals surface area contributed by atoms with E-state index in [1.807, 2.05) is 0 Å². The largest absolute Gasteiger partial charge is 0.477 e. The summed E-state index contributed by atoms with van der Waals surface area (Å²) in [5.41, 5.74) is 5.24. The Bertz CT molecular complexity index is 627. The summed E-state index contributed by atoms with van der Waals surface area (Å²) in [7, 11) is 0. The number of carboxylic acid groups (broad SMARTS) is 1. The molecule has 0 spiro atoms. The molecule has 0 amide bonds. The average molecular weight is 266 g/mol. The number of pyridine rings is 1. The van der Waals surface area contributed by atoms with Crippen LogP contribution in [0, 0.1) is 11.6 Å². The maximum Gasteiger partial charge on any atom is 0.341 e. The van der Waals surface area contributed by atoms with Gasteiger partial charge in [0.2, 0.25) is 5.88 Å². The van der Waals surface area contributed by atoms with Gasteiger partial charge in [-0.05, 0) is 6.07 Å². The van der Waals surface area contributed by atoms with Crippen LogP contribution in [0.25, 0.3) is 0 Å². The molecular weight excluding hydrogens is 258 g/mol. The van der Waals surface area contributed by atoms with E-state index in [0.717, 1.165) is 18.2 Å². The zero-order valence-corrected chi connectivity index (χ0v) is 9.43. The quantitative estimate of drug-likeness (QED) is 0.891. The Kier molecular flexibility index (Phi) is 3.28. The van der Waals surface area contributed by atoms with Gasteiger partial charge in [0.05, 0.1) is 11.9 Å². The number of halogens is 2. The molecule has 3 N–H and O–H groups in total. The molecule has 19 heavy (non-hydrogen) atoms. The summed E-state index contributed by atoms with van der Waals surface area (Å²) in [6.07, 6.45) is 1.18. The van der Waals surface area contributed by atoms with Crippen LogP contribution in [0.2, 0.25) is 0 Å². The molecule has 98 valence electrons. The van der Waals surface area contributed by atoms with E-state index in [0.29, 0.717) is 6.07 Å². The molecule has 1 aromatic heterocycles. The lowest BCUT2D eigenvalue weighted by atomic mass is 10.2. The number of carbonyl (C=O) groups is 1. The first kappa shape index (κ1) is 12.7. The number of rotatable bonds is 3. The molecular formula is C12H8F2N2O3. The van der Waals surface area contributed by atoms with Crippen molar-refractivity contribution in [2.75, 3.05) is 5.73 Å². The SMILES string of the molecule is Nc1cnc(Oc2cc(F)cc(F)c2)c(C(=O)O)c1. The third-order valence-corrected chi connectivity index (χ3v) is 2.15. The Balaban J connectivity index is 2.40. The predicted octanol–water partition coefficient (Wildman–Crippen LogP) is 2.43. The maximum absolute atomic E-state index is 13.0. The summed E-state index contributed by atoms with van der Waals surface area (Å²) in [6, 6.07) is 3.63. The second-order valence-corrected chi connectivity index (χ2v) is 3.63. The molecule has 1 aromatic carbocycles. The van der Waals surface area contributed by atoms with Gasteiger partial charge in [-0.3, -0.25) is 0 Å². The van der Waals surface area contributed by atoms with E-state index in [1.165, 1.54) is 6.20 Å². The van der Waals surface area contributed by atoms with Gasteiger partial charge in [0, 0.05) is 18.2 Å². The first-order chi connectivity index (χ1) is 8.95. The van der Waals surface area contributed by atoms with E-state index in [1.54, 1.807) is 0 Å². The molecule has 0 bridgehead atoms. The maximum atomic E-state index is 13.0. The first-order valence-electron chi connectivity index (χ1n) is 5.08. The second kappa shape index (κ2) is 4.89. The van der Waals surface area contributed by atoms with Gasteiger partial charge in [0.15, 0.2) is 0 Å². The molecule has 7 heteroatoms. The molecule has 0 saturated carbocycles. The summed E-state index contributed by atoms with van der Waals surface area (Å²) < 4.78 is 31.0. The van der Waals surface area contributed by atoms with Crippen molar-refractivity contribution >= 4 is 11.7 Å². The van der Waals surface area contributed by atoms with Crippen LogP contribution in [0.3, 0.4) is 0 Å². The Morgan fingerprint density at radius 3 is 2.42 bits per heavy atom. The minimum absolute atomic E-state index is 0.134. The molecule has 0 atom stereocenters. The highest BCUT2D eigenvalue weighted by molar-refractivity contribution is 5.91. The van der Waals surface area contributed by atoms with Crippen LogP contribution in [0.4, 0.5) is 14.5 Å². The van der Waals surface area contributed by atoms with Gasteiger partial charge in [-0.15, -0.1) is 0 Å². The molecule has 2 aromatic rings. The van der Waals surface area contributed by atoms with Crippen molar-refractivity contribution in [2.24, 2.45) is 0 Å². The van der Waals surface area contributed by atoms with Crippen molar-refractivity contribution in [3.05, 3.63) is 47.7 Å². The number of nitrogen functional groups attached to an aromatic ring is 1. The van der Waals surface area contributed by atoms with E-state index in [9.17, 15) is 13.6 Å². The van der Waals surface area contributed by atoms with Gasteiger partial charge in [0.1, 0.15) is 22.9 Å². The fraction of sp³-hybridized carbons (Fsp3) is 0. The Hall–Kier alpha value is -2.70. The Morgan fingerprint density at radius 2 is 1.84 bits per heavy atom. The van der Waals surface area contributed by atoms with Crippen molar-refractivity contribution in [1.29, 1.82) is 0 Å². The molecule has 0 aliphatic carbocycles.